The van der Waals surface area contributed by atoms with Crippen molar-refractivity contribution in [3.8, 4) is 11.4 Å². The average Bonchev–Trinajstić information content (AvgIpc) is 3.07. The van der Waals surface area contributed by atoms with E-state index in [9.17, 15) is 4.79 Å². The molecule has 0 bridgehead atoms. The van der Waals surface area contributed by atoms with E-state index in [4.69, 9.17) is 4.74 Å². The number of hydrogen-bond acceptors (Lipinski definition) is 5. The third-order valence-electron chi connectivity index (χ3n) is 3.75. The molecule has 0 spiro atoms. The number of hydrogen-bond donors (Lipinski definition) is 1. The molecule has 3 aromatic rings. The van der Waals surface area contributed by atoms with E-state index in [1.165, 1.54) is 16.5 Å². The Balaban J connectivity index is 1.78. The van der Waals surface area contributed by atoms with Crippen LogP contribution in [0.15, 0.2) is 52.6 Å². The molecule has 2 heterocycles. The summed E-state index contributed by atoms with van der Waals surface area (Å²) in [4.78, 5) is 22.7. The van der Waals surface area contributed by atoms with Crippen molar-refractivity contribution in [3.05, 3.63) is 74.3 Å². The van der Waals surface area contributed by atoms with Crippen LogP contribution in [0.2, 0.25) is 0 Å². The van der Waals surface area contributed by atoms with Crippen molar-refractivity contribution in [3.63, 3.8) is 0 Å². The largest absolute Gasteiger partial charge is 0.378 e. The Labute approximate surface area is 150 Å². The highest BCUT2D eigenvalue weighted by Gasteiger charge is 2.07. The van der Waals surface area contributed by atoms with E-state index in [0.29, 0.717) is 18.1 Å². The van der Waals surface area contributed by atoms with Crippen LogP contribution in [0.3, 0.4) is 0 Å². The number of aromatic nitrogens is 2. The third kappa shape index (κ3) is 4.85. The summed E-state index contributed by atoms with van der Waals surface area (Å²) in [7, 11) is 3.69. The van der Waals surface area contributed by atoms with E-state index < -0.39 is 0 Å². The van der Waals surface area contributed by atoms with Gasteiger partial charge in [-0.1, -0.05) is 24.3 Å². The maximum atomic E-state index is 11.8. The van der Waals surface area contributed by atoms with E-state index in [-0.39, 0.29) is 5.56 Å². The number of aromatic amines is 1. The second-order valence-electron chi connectivity index (χ2n) is 5.97. The molecule has 2 aromatic heterocycles. The maximum absolute atomic E-state index is 11.8. The van der Waals surface area contributed by atoms with Gasteiger partial charge in [0.05, 0.1) is 12.3 Å². The molecule has 1 N–H and O–H groups in total. The summed E-state index contributed by atoms with van der Waals surface area (Å²) in [5.74, 6) is 0.572. The summed E-state index contributed by atoms with van der Waals surface area (Å²) in [6, 6.07) is 13.8. The first-order valence-corrected chi connectivity index (χ1v) is 8.91. The van der Waals surface area contributed by atoms with Gasteiger partial charge >= 0.3 is 0 Å². The monoisotopic (exact) mass is 355 g/mol. The number of nitrogens with zero attached hydrogens (tertiary/aromatic N) is 2. The van der Waals surface area contributed by atoms with Crippen LogP contribution in [0.25, 0.3) is 11.4 Å². The van der Waals surface area contributed by atoms with E-state index in [1.54, 1.807) is 18.4 Å². The number of thiophene rings is 1. The fourth-order valence-electron chi connectivity index (χ4n) is 2.72. The van der Waals surface area contributed by atoms with Crippen molar-refractivity contribution in [2.24, 2.45) is 0 Å². The maximum Gasteiger partial charge on any atom is 0.251 e. The van der Waals surface area contributed by atoms with Gasteiger partial charge in [-0.2, -0.15) is 0 Å². The molecule has 0 radical (unpaired) electrons. The van der Waals surface area contributed by atoms with Crippen LogP contribution in [0.1, 0.15) is 16.1 Å². The quantitative estimate of drug-likeness (QED) is 0.707. The zero-order chi connectivity index (χ0) is 17.6. The molecular weight excluding hydrogens is 334 g/mol. The number of ether oxygens (including phenoxy) is 1. The van der Waals surface area contributed by atoms with Gasteiger partial charge in [-0.25, -0.2) is 4.98 Å². The van der Waals surface area contributed by atoms with Crippen LogP contribution < -0.4 is 5.56 Å². The molecule has 3 rings (SSSR count). The van der Waals surface area contributed by atoms with Gasteiger partial charge in [0.25, 0.3) is 5.56 Å². The van der Waals surface area contributed by atoms with Gasteiger partial charge in [0.15, 0.2) is 0 Å². The number of benzene rings is 1. The summed E-state index contributed by atoms with van der Waals surface area (Å²) < 4.78 is 5.08. The van der Waals surface area contributed by atoms with Crippen molar-refractivity contribution in [2.45, 2.75) is 19.7 Å². The normalized spacial score (nSPS) is 11.2. The highest BCUT2D eigenvalue weighted by Crippen LogP contribution is 2.18. The number of rotatable bonds is 7. The van der Waals surface area contributed by atoms with Crippen molar-refractivity contribution in [1.82, 2.24) is 14.9 Å². The molecule has 0 saturated heterocycles. The van der Waals surface area contributed by atoms with Gasteiger partial charge in [0, 0.05) is 36.7 Å². The number of H-pyrrole nitrogens is 1. The summed E-state index contributed by atoms with van der Waals surface area (Å²) in [6.45, 7) is 2.06. The molecule has 6 heteroatoms. The summed E-state index contributed by atoms with van der Waals surface area (Å²) in [5.41, 5.74) is 2.53. The number of nitrogens with one attached hydrogen (secondary N) is 1. The van der Waals surface area contributed by atoms with Crippen LogP contribution in [0.5, 0.6) is 0 Å². The molecule has 25 heavy (non-hydrogen) atoms. The molecule has 0 aliphatic carbocycles. The third-order valence-corrected chi connectivity index (χ3v) is 4.61. The van der Waals surface area contributed by atoms with Crippen LogP contribution >= 0.6 is 11.3 Å². The minimum atomic E-state index is -0.169. The van der Waals surface area contributed by atoms with Gasteiger partial charge in [-0.05, 0) is 30.1 Å². The fraction of sp³-hybridized carbons (Fsp3) is 0.263. The van der Waals surface area contributed by atoms with Gasteiger partial charge in [0.2, 0.25) is 0 Å². The summed E-state index contributed by atoms with van der Waals surface area (Å²) in [6.07, 6.45) is 0. The van der Waals surface area contributed by atoms with Gasteiger partial charge in [-0.3, -0.25) is 9.69 Å². The van der Waals surface area contributed by atoms with Crippen LogP contribution in [0, 0.1) is 0 Å². The highest BCUT2D eigenvalue weighted by atomic mass is 32.1. The zero-order valence-corrected chi connectivity index (χ0v) is 15.2. The first kappa shape index (κ1) is 17.5. The van der Waals surface area contributed by atoms with E-state index in [1.807, 2.05) is 12.1 Å². The van der Waals surface area contributed by atoms with Crippen molar-refractivity contribution in [2.75, 3.05) is 14.2 Å². The lowest BCUT2D eigenvalue weighted by atomic mass is 10.1. The molecule has 0 saturated carbocycles. The first-order valence-electron chi connectivity index (χ1n) is 8.03. The smallest absolute Gasteiger partial charge is 0.251 e. The van der Waals surface area contributed by atoms with Crippen molar-refractivity contribution >= 4 is 11.3 Å². The second-order valence-corrected chi connectivity index (χ2v) is 7.00. The Morgan fingerprint density at radius 2 is 2.08 bits per heavy atom. The predicted octanol–water partition coefficient (Wildman–Crippen LogP) is 3.28. The minimum Gasteiger partial charge on any atom is -0.378 e. The lowest BCUT2D eigenvalue weighted by molar-refractivity contribution is 0.181. The van der Waals surface area contributed by atoms with E-state index >= 15 is 0 Å². The molecule has 0 aliphatic heterocycles. The molecule has 130 valence electrons. The molecule has 0 amide bonds. The molecular formula is C19H21N3O2S. The molecule has 5 nitrogen and oxygen atoms in total. The average molecular weight is 355 g/mol. The van der Waals surface area contributed by atoms with Crippen molar-refractivity contribution < 1.29 is 4.74 Å². The zero-order valence-electron chi connectivity index (χ0n) is 14.4. The second kappa shape index (κ2) is 8.20. The molecule has 0 fully saturated rings. The summed E-state index contributed by atoms with van der Waals surface area (Å²) in [5, 5.41) is 2.10. The molecule has 0 aliphatic rings. The Kier molecular flexibility index (Phi) is 5.75. The first-order chi connectivity index (χ1) is 12.1. The Hall–Kier alpha value is -2.28. The van der Waals surface area contributed by atoms with Crippen LogP contribution in [-0.2, 0) is 24.4 Å². The molecule has 0 unspecified atom stereocenters. The van der Waals surface area contributed by atoms with Gasteiger partial charge in [0.1, 0.15) is 5.82 Å². The van der Waals surface area contributed by atoms with Gasteiger partial charge < -0.3 is 9.72 Å². The predicted molar refractivity (Wildman–Crippen MR) is 100 cm³/mol. The van der Waals surface area contributed by atoms with E-state index in [0.717, 1.165) is 18.7 Å². The van der Waals surface area contributed by atoms with Crippen LogP contribution in [0.4, 0.5) is 0 Å². The lowest BCUT2D eigenvalue weighted by Crippen LogP contribution is -2.16. The SMILES string of the molecule is COCc1cc(=O)[nH]c(-c2cccc(CN(C)Cc3cccs3)c2)n1. The Bertz CT molecular complexity index is 874. The minimum absolute atomic E-state index is 0.169. The lowest BCUT2D eigenvalue weighted by Gasteiger charge is -2.16. The standard InChI is InChI=1S/C19H21N3O2S/c1-22(12-17-7-4-8-25-17)11-14-5-3-6-15(9-14)19-20-16(13-24-2)10-18(23)21-19/h3-10H,11-13H2,1-2H3,(H,20,21,23). The van der Waals surface area contributed by atoms with Crippen molar-refractivity contribution in [1.29, 1.82) is 0 Å². The highest BCUT2D eigenvalue weighted by molar-refractivity contribution is 7.09. The Morgan fingerprint density at radius 1 is 1.20 bits per heavy atom. The summed E-state index contributed by atoms with van der Waals surface area (Å²) >= 11 is 1.77. The molecule has 1 aromatic carbocycles. The number of methoxy groups -OCH3 is 1. The Morgan fingerprint density at radius 3 is 2.84 bits per heavy atom. The van der Waals surface area contributed by atoms with E-state index in [2.05, 4.69) is 51.6 Å². The fourth-order valence-corrected chi connectivity index (χ4v) is 3.50. The topological polar surface area (TPSA) is 58.2 Å². The van der Waals surface area contributed by atoms with Crippen LogP contribution in [-0.4, -0.2) is 29.0 Å². The van der Waals surface area contributed by atoms with Gasteiger partial charge in [-0.15, -0.1) is 11.3 Å². The molecule has 0 atom stereocenters.